The Morgan fingerprint density at radius 2 is 1.85 bits per heavy atom. The van der Waals surface area contributed by atoms with Crippen LogP contribution in [0, 0.1) is 0 Å². The van der Waals surface area contributed by atoms with E-state index in [4.69, 9.17) is 4.74 Å². The zero-order chi connectivity index (χ0) is 9.10. The van der Waals surface area contributed by atoms with Crippen LogP contribution in [0.1, 0.15) is 19.3 Å². The van der Waals surface area contributed by atoms with Crippen molar-refractivity contribution in [3.8, 4) is 0 Å². The molecule has 1 atom stereocenters. The maximum atomic E-state index is 5.52. The third-order valence-electron chi connectivity index (χ3n) is 3.18. The van der Waals surface area contributed by atoms with Gasteiger partial charge in [-0.25, -0.2) is 0 Å². The highest BCUT2D eigenvalue weighted by atomic mass is 16.5. The van der Waals surface area contributed by atoms with Gasteiger partial charge in [-0.15, -0.1) is 0 Å². The molecule has 3 heteroatoms. The molecule has 0 N–H and O–H groups in total. The molecule has 0 bridgehead atoms. The van der Waals surface area contributed by atoms with Crippen LogP contribution in [-0.4, -0.2) is 55.9 Å². The highest BCUT2D eigenvalue weighted by molar-refractivity contribution is 4.76. The highest BCUT2D eigenvalue weighted by Crippen LogP contribution is 2.16. The van der Waals surface area contributed by atoms with Crippen LogP contribution < -0.4 is 0 Å². The van der Waals surface area contributed by atoms with Gasteiger partial charge < -0.3 is 4.74 Å². The van der Waals surface area contributed by atoms with Crippen molar-refractivity contribution in [2.24, 2.45) is 0 Å². The number of ether oxygens (including phenoxy) is 1. The molecule has 3 nitrogen and oxygen atoms in total. The van der Waals surface area contributed by atoms with Crippen LogP contribution in [0.5, 0.6) is 0 Å². The highest BCUT2D eigenvalue weighted by Gasteiger charge is 2.26. The van der Waals surface area contributed by atoms with E-state index in [1.165, 1.54) is 32.4 Å². The lowest BCUT2D eigenvalue weighted by Gasteiger charge is -2.42. The molecule has 2 fully saturated rings. The van der Waals surface area contributed by atoms with E-state index in [1.54, 1.807) is 0 Å². The summed E-state index contributed by atoms with van der Waals surface area (Å²) in [5.41, 5.74) is 0. The summed E-state index contributed by atoms with van der Waals surface area (Å²) in [7, 11) is 2.21. The standard InChI is InChI=1S/C10H20N2O/c1-11-7-8-13-9-10(11)12-5-3-2-4-6-12/h10H,2-9H2,1H3/t10-/m0/s1. The predicted octanol–water partition coefficient (Wildman–Crippen LogP) is 0.760. The van der Waals surface area contributed by atoms with E-state index in [1.807, 2.05) is 0 Å². The second kappa shape index (κ2) is 4.40. The molecule has 0 aromatic carbocycles. The Morgan fingerprint density at radius 3 is 2.54 bits per heavy atom. The van der Waals surface area contributed by atoms with Crippen LogP contribution in [-0.2, 0) is 4.74 Å². The normalized spacial score (nSPS) is 33.5. The number of nitrogens with zero attached hydrogens (tertiary/aromatic N) is 2. The van der Waals surface area contributed by atoms with Gasteiger partial charge in [-0.3, -0.25) is 9.80 Å². The van der Waals surface area contributed by atoms with E-state index in [2.05, 4.69) is 16.8 Å². The first-order valence-corrected chi connectivity index (χ1v) is 5.40. The second-order valence-corrected chi connectivity index (χ2v) is 4.13. The molecule has 2 aliphatic rings. The monoisotopic (exact) mass is 184 g/mol. The Labute approximate surface area is 80.6 Å². The quantitative estimate of drug-likeness (QED) is 0.598. The Kier molecular flexibility index (Phi) is 3.19. The molecule has 2 rings (SSSR count). The lowest BCUT2D eigenvalue weighted by atomic mass is 10.1. The Hall–Kier alpha value is -0.120. The number of hydrogen-bond donors (Lipinski definition) is 0. The number of hydrogen-bond acceptors (Lipinski definition) is 3. The van der Waals surface area contributed by atoms with Crippen LogP contribution >= 0.6 is 0 Å². The van der Waals surface area contributed by atoms with E-state index in [-0.39, 0.29) is 0 Å². The molecule has 2 saturated heterocycles. The zero-order valence-electron chi connectivity index (χ0n) is 8.54. The van der Waals surface area contributed by atoms with Gasteiger partial charge in [0.25, 0.3) is 0 Å². The number of likely N-dealkylation sites (tertiary alicyclic amines) is 1. The van der Waals surface area contributed by atoms with E-state index >= 15 is 0 Å². The topological polar surface area (TPSA) is 15.7 Å². The predicted molar refractivity (Wildman–Crippen MR) is 52.7 cm³/mol. The molecular formula is C10H20N2O. The minimum Gasteiger partial charge on any atom is -0.377 e. The van der Waals surface area contributed by atoms with Crippen LogP contribution in [0.4, 0.5) is 0 Å². The van der Waals surface area contributed by atoms with Crippen LogP contribution in [0.15, 0.2) is 0 Å². The van der Waals surface area contributed by atoms with Gasteiger partial charge in [0.2, 0.25) is 0 Å². The average Bonchev–Trinajstić information content (AvgIpc) is 2.20. The zero-order valence-corrected chi connectivity index (χ0v) is 8.54. The van der Waals surface area contributed by atoms with Gasteiger partial charge in [-0.2, -0.15) is 0 Å². The smallest absolute Gasteiger partial charge is 0.0862 e. The maximum Gasteiger partial charge on any atom is 0.0862 e. The lowest BCUT2D eigenvalue weighted by Crippen LogP contribution is -2.54. The van der Waals surface area contributed by atoms with Crippen molar-refractivity contribution in [1.82, 2.24) is 9.80 Å². The first-order valence-electron chi connectivity index (χ1n) is 5.40. The molecule has 0 saturated carbocycles. The third kappa shape index (κ3) is 2.22. The summed E-state index contributed by atoms with van der Waals surface area (Å²) in [6.45, 7) is 5.41. The van der Waals surface area contributed by atoms with Crippen molar-refractivity contribution < 1.29 is 4.74 Å². The van der Waals surface area contributed by atoms with Crippen LogP contribution in [0.3, 0.4) is 0 Å². The molecule has 2 heterocycles. The number of piperidine rings is 1. The minimum absolute atomic E-state index is 0.550. The Morgan fingerprint density at radius 1 is 1.08 bits per heavy atom. The lowest BCUT2D eigenvalue weighted by molar-refractivity contribution is -0.0695. The van der Waals surface area contributed by atoms with Crippen molar-refractivity contribution >= 4 is 0 Å². The molecule has 0 radical (unpaired) electrons. The largest absolute Gasteiger partial charge is 0.377 e. The average molecular weight is 184 g/mol. The van der Waals surface area contributed by atoms with Gasteiger partial charge in [0.1, 0.15) is 0 Å². The van der Waals surface area contributed by atoms with Gasteiger partial charge in [-0.05, 0) is 33.0 Å². The fourth-order valence-corrected chi connectivity index (χ4v) is 2.27. The fourth-order valence-electron chi connectivity index (χ4n) is 2.27. The molecule has 0 aromatic heterocycles. The van der Waals surface area contributed by atoms with E-state index in [0.29, 0.717) is 6.17 Å². The molecular weight excluding hydrogens is 164 g/mol. The number of morpholine rings is 1. The van der Waals surface area contributed by atoms with Crippen LogP contribution in [0.25, 0.3) is 0 Å². The van der Waals surface area contributed by atoms with Crippen molar-refractivity contribution in [3.05, 3.63) is 0 Å². The Bertz CT molecular complexity index is 157. The summed E-state index contributed by atoms with van der Waals surface area (Å²) in [6, 6.07) is 0. The van der Waals surface area contributed by atoms with Crippen molar-refractivity contribution in [2.75, 3.05) is 39.9 Å². The van der Waals surface area contributed by atoms with Crippen molar-refractivity contribution in [3.63, 3.8) is 0 Å². The summed E-state index contributed by atoms with van der Waals surface area (Å²) in [6.07, 6.45) is 4.69. The summed E-state index contributed by atoms with van der Waals surface area (Å²) in [5.74, 6) is 0. The molecule has 0 aliphatic carbocycles. The molecule has 76 valence electrons. The first kappa shape index (κ1) is 9.44. The molecule has 13 heavy (non-hydrogen) atoms. The summed E-state index contributed by atoms with van der Waals surface area (Å²) >= 11 is 0. The molecule has 0 amide bonds. The maximum absolute atomic E-state index is 5.52. The van der Waals surface area contributed by atoms with Gasteiger partial charge in [-0.1, -0.05) is 6.42 Å². The molecule has 0 unspecified atom stereocenters. The number of likely N-dealkylation sites (N-methyl/N-ethyl adjacent to an activating group) is 1. The van der Waals surface area contributed by atoms with Gasteiger partial charge in [0, 0.05) is 6.54 Å². The van der Waals surface area contributed by atoms with Crippen LogP contribution in [0.2, 0.25) is 0 Å². The molecule has 0 spiro atoms. The van der Waals surface area contributed by atoms with Gasteiger partial charge >= 0.3 is 0 Å². The van der Waals surface area contributed by atoms with Crippen molar-refractivity contribution in [2.45, 2.75) is 25.4 Å². The number of rotatable bonds is 1. The van der Waals surface area contributed by atoms with Crippen molar-refractivity contribution in [1.29, 1.82) is 0 Å². The van der Waals surface area contributed by atoms with Gasteiger partial charge in [0.15, 0.2) is 0 Å². The fraction of sp³-hybridized carbons (Fsp3) is 1.00. The van der Waals surface area contributed by atoms with E-state index < -0.39 is 0 Å². The first-order chi connectivity index (χ1) is 6.38. The summed E-state index contributed by atoms with van der Waals surface area (Å²) in [4.78, 5) is 5.00. The second-order valence-electron chi connectivity index (χ2n) is 4.13. The Balaban J connectivity index is 1.88. The van der Waals surface area contributed by atoms with Gasteiger partial charge in [0.05, 0.1) is 19.4 Å². The summed E-state index contributed by atoms with van der Waals surface area (Å²) < 4.78 is 5.52. The van der Waals surface area contributed by atoms with E-state index in [0.717, 1.165) is 19.8 Å². The molecule has 2 aliphatic heterocycles. The molecule has 0 aromatic rings. The SMILES string of the molecule is CN1CCOC[C@@H]1N1CCCCC1. The summed E-state index contributed by atoms with van der Waals surface area (Å²) in [5, 5.41) is 0. The third-order valence-corrected chi connectivity index (χ3v) is 3.18. The minimum atomic E-state index is 0.550. The van der Waals surface area contributed by atoms with E-state index in [9.17, 15) is 0 Å².